The van der Waals surface area contributed by atoms with E-state index in [1.807, 2.05) is 28.7 Å². The fourth-order valence-electron chi connectivity index (χ4n) is 1.43. The van der Waals surface area contributed by atoms with Gasteiger partial charge in [-0.25, -0.2) is 4.99 Å². The molecule has 0 spiro atoms. The predicted molar refractivity (Wildman–Crippen MR) is 67.5 cm³/mol. The Hall–Kier alpha value is -1.72. The van der Waals surface area contributed by atoms with Crippen LogP contribution in [-0.2, 0) is 0 Å². The Kier molecular flexibility index (Phi) is 2.62. The molecule has 0 radical (unpaired) electrons. The highest BCUT2D eigenvalue weighted by molar-refractivity contribution is 7.03. The van der Waals surface area contributed by atoms with Gasteiger partial charge in [-0.3, -0.25) is 9.38 Å². The number of hydrogen-bond acceptors (Lipinski definition) is 4. The van der Waals surface area contributed by atoms with Gasteiger partial charge in [-0.2, -0.15) is 4.37 Å². The number of fused-ring (bicyclic) bond motifs is 1. The number of halogens is 1. The smallest absolute Gasteiger partial charge is 0.213 e. The molecule has 3 aromatic rings. The molecule has 0 saturated carbocycles. The largest absolute Gasteiger partial charge is 0.274 e. The van der Waals surface area contributed by atoms with Crippen LogP contribution in [-0.4, -0.2) is 13.8 Å². The summed E-state index contributed by atoms with van der Waals surface area (Å²) in [5, 5.41) is 0.661. The Labute approximate surface area is 106 Å². The van der Waals surface area contributed by atoms with Gasteiger partial charge in [0, 0.05) is 30.1 Å². The summed E-state index contributed by atoms with van der Waals surface area (Å²) < 4.78 is 6.16. The summed E-state index contributed by atoms with van der Waals surface area (Å²) in [6.07, 6.45) is 5.22. The highest BCUT2D eigenvalue weighted by atomic mass is 35.5. The van der Waals surface area contributed by atoms with Crippen LogP contribution in [0.2, 0.25) is 5.02 Å². The highest BCUT2D eigenvalue weighted by Crippen LogP contribution is 2.11. The summed E-state index contributed by atoms with van der Waals surface area (Å²) in [6, 6.07) is 7.37. The molecule has 17 heavy (non-hydrogen) atoms. The van der Waals surface area contributed by atoms with Crippen molar-refractivity contribution in [1.82, 2.24) is 13.8 Å². The minimum Gasteiger partial charge on any atom is -0.274 e. The van der Waals surface area contributed by atoms with Crippen molar-refractivity contribution >= 4 is 34.5 Å². The minimum atomic E-state index is 0.661. The third kappa shape index (κ3) is 2.07. The Bertz CT molecular complexity index is 717. The van der Waals surface area contributed by atoms with E-state index in [9.17, 15) is 0 Å². The maximum absolute atomic E-state index is 5.95. The first-order chi connectivity index (χ1) is 8.33. The van der Waals surface area contributed by atoms with E-state index in [0.29, 0.717) is 5.02 Å². The van der Waals surface area contributed by atoms with Gasteiger partial charge in [-0.05, 0) is 24.3 Å². The van der Waals surface area contributed by atoms with Crippen LogP contribution in [0.4, 0.5) is 5.69 Å². The second-order valence-corrected chi connectivity index (χ2v) is 4.52. The van der Waals surface area contributed by atoms with E-state index < -0.39 is 0 Å². The fourth-order valence-corrected chi connectivity index (χ4v) is 2.29. The zero-order chi connectivity index (χ0) is 11.7. The monoisotopic (exact) mass is 262 g/mol. The van der Waals surface area contributed by atoms with E-state index in [4.69, 9.17) is 11.6 Å². The Morgan fingerprint density at radius 1 is 1.18 bits per heavy atom. The maximum atomic E-state index is 5.95. The van der Waals surface area contributed by atoms with E-state index in [1.165, 1.54) is 11.5 Å². The average Bonchev–Trinajstić information content (AvgIpc) is 2.73. The van der Waals surface area contributed by atoms with Crippen molar-refractivity contribution < 1.29 is 0 Å². The van der Waals surface area contributed by atoms with Gasteiger partial charge in [0.2, 0.25) is 4.80 Å². The number of pyridine rings is 2. The van der Waals surface area contributed by atoms with Gasteiger partial charge in [-0.1, -0.05) is 11.6 Å². The lowest BCUT2D eigenvalue weighted by Crippen LogP contribution is -2.05. The van der Waals surface area contributed by atoms with Crippen LogP contribution in [0.5, 0.6) is 0 Å². The van der Waals surface area contributed by atoms with Crippen LogP contribution in [0.3, 0.4) is 0 Å². The molecule has 84 valence electrons. The molecule has 0 aliphatic heterocycles. The first-order valence-corrected chi connectivity index (χ1v) is 6.06. The Morgan fingerprint density at radius 3 is 2.82 bits per heavy atom. The molecule has 0 unspecified atom stereocenters. The van der Waals surface area contributed by atoms with Gasteiger partial charge < -0.3 is 0 Å². The van der Waals surface area contributed by atoms with E-state index >= 15 is 0 Å². The van der Waals surface area contributed by atoms with E-state index in [-0.39, 0.29) is 0 Å². The molecular weight excluding hydrogens is 256 g/mol. The molecule has 0 N–H and O–H groups in total. The van der Waals surface area contributed by atoms with Crippen molar-refractivity contribution in [3.8, 4) is 0 Å². The number of rotatable bonds is 1. The Morgan fingerprint density at radius 2 is 2.00 bits per heavy atom. The van der Waals surface area contributed by atoms with E-state index in [2.05, 4.69) is 14.3 Å². The van der Waals surface area contributed by atoms with Crippen LogP contribution in [0, 0.1) is 0 Å². The predicted octanol–water partition coefficient (Wildman–Crippen LogP) is 2.68. The SMILES string of the molecule is Clc1ccc2ns/c(=N\c3ccncc3)n2c1. The number of hydrogen-bond donors (Lipinski definition) is 0. The standard InChI is InChI=1S/C11H7ClN4S/c12-8-1-2-10-15-17-11(16(10)7-8)14-9-3-5-13-6-4-9/h1-7H/b14-11-. The Balaban J connectivity index is 2.24. The van der Waals surface area contributed by atoms with Crippen molar-refractivity contribution in [2.75, 3.05) is 0 Å². The summed E-state index contributed by atoms with van der Waals surface area (Å²) in [7, 11) is 0. The van der Waals surface area contributed by atoms with Gasteiger partial charge in [0.1, 0.15) is 0 Å². The van der Waals surface area contributed by atoms with Crippen LogP contribution < -0.4 is 4.80 Å². The highest BCUT2D eigenvalue weighted by Gasteiger charge is 1.99. The lowest BCUT2D eigenvalue weighted by Gasteiger charge is -1.93. The van der Waals surface area contributed by atoms with Gasteiger partial charge in [0.05, 0.1) is 10.7 Å². The first kappa shape index (κ1) is 10.4. The molecule has 0 bridgehead atoms. The molecule has 0 saturated heterocycles. The zero-order valence-corrected chi connectivity index (χ0v) is 10.2. The van der Waals surface area contributed by atoms with Gasteiger partial charge in [-0.15, -0.1) is 0 Å². The van der Waals surface area contributed by atoms with Crippen LogP contribution >= 0.6 is 23.1 Å². The van der Waals surface area contributed by atoms with E-state index in [1.54, 1.807) is 18.6 Å². The molecule has 0 atom stereocenters. The number of nitrogens with zero attached hydrogens (tertiary/aromatic N) is 4. The summed E-state index contributed by atoms with van der Waals surface area (Å²) in [5.41, 5.74) is 1.69. The molecular formula is C11H7ClN4S. The molecule has 3 rings (SSSR count). The van der Waals surface area contributed by atoms with Crippen molar-refractivity contribution in [2.45, 2.75) is 0 Å². The third-order valence-electron chi connectivity index (χ3n) is 2.21. The summed E-state index contributed by atoms with van der Waals surface area (Å²) in [4.78, 5) is 9.23. The van der Waals surface area contributed by atoms with Crippen molar-refractivity contribution in [1.29, 1.82) is 0 Å². The molecule has 3 heterocycles. The second-order valence-electron chi connectivity index (χ2n) is 3.36. The molecule has 0 aliphatic rings. The maximum Gasteiger partial charge on any atom is 0.213 e. The summed E-state index contributed by atoms with van der Waals surface area (Å²) >= 11 is 7.29. The van der Waals surface area contributed by atoms with E-state index in [0.717, 1.165) is 16.1 Å². The fraction of sp³-hybridized carbons (Fsp3) is 0. The molecule has 0 fully saturated rings. The normalized spacial score (nSPS) is 12.2. The molecule has 0 aromatic carbocycles. The van der Waals surface area contributed by atoms with Gasteiger partial charge in [0.25, 0.3) is 0 Å². The van der Waals surface area contributed by atoms with Crippen molar-refractivity contribution in [2.24, 2.45) is 4.99 Å². The molecule has 3 aromatic heterocycles. The van der Waals surface area contributed by atoms with Crippen LogP contribution in [0.25, 0.3) is 5.65 Å². The topological polar surface area (TPSA) is 42.5 Å². The summed E-state index contributed by atoms with van der Waals surface area (Å²) in [5.74, 6) is 0. The third-order valence-corrected chi connectivity index (χ3v) is 3.16. The lowest BCUT2D eigenvalue weighted by atomic mass is 10.4. The van der Waals surface area contributed by atoms with Gasteiger partial charge in [0.15, 0.2) is 5.65 Å². The quantitative estimate of drug-likeness (QED) is 0.677. The van der Waals surface area contributed by atoms with Crippen molar-refractivity contribution in [3.63, 3.8) is 0 Å². The molecule has 0 aliphatic carbocycles. The molecule has 6 heteroatoms. The first-order valence-electron chi connectivity index (χ1n) is 4.91. The van der Waals surface area contributed by atoms with Gasteiger partial charge >= 0.3 is 0 Å². The average molecular weight is 263 g/mol. The second kappa shape index (κ2) is 4.27. The van der Waals surface area contributed by atoms with Crippen molar-refractivity contribution in [3.05, 3.63) is 52.7 Å². The number of aromatic nitrogens is 3. The van der Waals surface area contributed by atoms with Crippen LogP contribution in [0.1, 0.15) is 0 Å². The summed E-state index contributed by atoms with van der Waals surface area (Å²) in [6.45, 7) is 0. The molecule has 4 nitrogen and oxygen atoms in total. The van der Waals surface area contributed by atoms with Crippen LogP contribution in [0.15, 0.2) is 47.8 Å². The minimum absolute atomic E-state index is 0.661. The molecule has 0 amide bonds. The zero-order valence-electron chi connectivity index (χ0n) is 8.62. The lowest BCUT2D eigenvalue weighted by molar-refractivity contribution is 1.09.